The summed E-state index contributed by atoms with van der Waals surface area (Å²) >= 11 is 0. The number of aliphatic hydroxyl groups excluding tert-OH is 2. The second-order valence-corrected chi connectivity index (χ2v) is 7.17. The highest BCUT2D eigenvalue weighted by Crippen LogP contribution is 2.31. The minimum atomic E-state index is -0.901. The molecule has 0 spiro atoms. The van der Waals surface area contributed by atoms with E-state index < -0.39 is 18.6 Å². The number of aliphatic hydroxyl groups is 2. The molecule has 0 fully saturated rings. The van der Waals surface area contributed by atoms with Gasteiger partial charge in [0.05, 0.1) is 5.56 Å². The van der Waals surface area contributed by atoms with Crippen molar-refractivity contribution in [2.24, 2.45) is 0 Å². The zero-order valence-corrected chi connectivity index (χ0v) is 17.8. The molecule has 0 bridgehead atoms. The molecule has 0 saturated heterocycles. The summed E-state index contributed by atoms with van der Waals surface area (Å²) in [6.45, 7) is 5.20. The minimum Gasteiger partial charge on any atom is -0.490 e. The molecule has 1 amide bonds. The maximum Gasteiger partial charge on any atom is 0.259 e. The van der Waals surface area contributed by atoms with Crippen molar-refractivity contribution in [1.29, 1.82) is 0 Å². The van der Waals surface area contributed by atoms with Crippen molar-refractivity contribution in [2.45, 2.75) is 33.3 Å². The summed E-state index contributed by atoms with van der Waals surface area (Å²) in [6, 6.07) is 7.60. The first kappa shape index (κ1) is 22.4. The fraction of sp³-hybridized carbons (Fsp3) is 0.364. The van der Waals surface area contributed by atoms with Crippen LogP contribution in [-0.2, 0) is 11.2 Å². The zero-order valence-electron chi connectivity index (χ0n) is 17.8. The highest BCUT2D eigenvalue weighted by Gasteiger charge is 2.16. The Balaban J connectivity index is 1.75. The molecular formula is C22H26N4O5. The number of hydrogen-bond donors (Lipinski definition) is 3. The van der Waals surface area contributed by atoms with Crippen LogP contribution in [-0.4, -0.2) is 57.1 Å². The Bertz CT molecular complexity index is 1030. The van der Waals surface area contributed by atoms with Crippen molar-refractivity contribution in [3.8, 4) is 28.6 Å². The molecule has 0 aliphatic heterocycles. The van der Waals surface area contributed by atoms with Gasteiger partial charge in [0, 0.05) is 24.0 Å². The van der Waals surface area contributed by atoms with E-state index in [1.54, 1.807) is 6.20 Å². The number of nitrogens with zero attached hydrogens (tertiary/aromatic N) is 3. The predicted octanol–water partition coefficient (Wildman–Crippen LogP) is 1.83. The van der Waals surface area contributed by atoms with Crippen LogP contribution in [0.3, 0.4) is 0 Å². The van der Waals surface area contributed by atoms with Gasteiger partial charge < -0.3 is 24.8 Å². The Morgan fingerprint density at radius 1 is 1.26 bits per heavy atom. The molecule has 0 unspecified atom stereocenters. The summed E-state index contributed by atoms with van der Waals surface area (Å²) in [4.78, 5) is 19.8. The first-order chi connectivity index (χ1) is 14.9. The summed E-state index contributed by atoms with van der Waals surface area (Å²) in [5.74, 6) is 0.984. The number of carbonyl (C=O) groups excluding carboxylic acids is 1. The van der Waals surface area contributed by atoms with Crippen molar-refractivity contribution >= 4 is 5.91 Å². The van der Waals surface area contributed by atoms with Crippen molar-refractivity contribution in [3.63, 3.8) is 0 Å². The third-order valence-electron chi connectivity index (χ3n) is 4.67. The Morgan fingerprint density at radius 3 is 2.74 bits per heavy atom. The molecule has 0 aliphatic carbocycles. The molecule has 1 aromatic carbocycles. The largest absolute Gasteiger partial charge is 0.490 e. The van der Waals surface area contributed by atoms with Crippen LogP contribution in [0.2, 0.25) is 0 Å². The molecule has 9 heteroatoms. The molecule has 164 valence electrons. The van der Waals surface area contributed by atoms with Crippen LogP contribution in [0.5, 0.6) is 5.75 Å². The standard InChI is InChI=1S/C22H26N4O5/c1-4-15-8-17(21-25-22(31-26-21)16-6-5-14(3)23-9-16)7-13(2)20(15)30-12-18(28)10-24-19(29)11-27/h5-9,18,27-28H,4,10-12H2,1-3H3,(H,24,29)/t18-/m0/s1. The summed E-state index contributed by atoms with van der Waals surface area (Å²) in [5.41, 5.74) is 4.25. The van der Waals surface area contributed by atoms with Crippen LogP contribution in [0.15, 0.2) is 35.0 Å². The second kappa shape index (κ2) is 10.1. The molecule has 9 nitrogen and oxygen atoms in total. The van der Waals surface area contributed by atoms with Gasteiger partial charge in [0.2, 0.25) is 11.7 Å². The Hall–Kier alpha value is -3.30. The average molecular weight is 426 g/mol. The Morgan fingerprint density at radius 2 is 2.06 bits per heavy atom. The molecule has 3 aromatic rings. The lowest BCUT2D eigenvalue weighted by Crippen LogP contribution is -2.36. The van der Waals surface area contributed by atoms with E-state index in [-0.39, 0.29) is 13.2 Å². The van der Waals surface area contributed by atoms with Gasteiger partial charge in [0.25, 0.3) is 5.89 Å². The van der Waals surface area contributed by atoms with Crippen LogP contribution >= 0.6 is 0 Å². The molecule has 3 rings (SSSR count). The van der Waals surface area contributed by atoms with E-state index >= 15 is 0 Å². The normalized spacial score (nSPS) is 11.9. The summed E-state index contributed by atoms with van der Waals surface area (Å²) in [7, 11) is 0. The van der Waals surface area contributed by atoms with Crippen molar-refractivity contribution < 1.29 is 24.3 Å². The van der Waals surface area contributed by atoms with Crippen molar-refractivity contribution in [3.05, 3.63) is 47.3 Å². The van der Waals surface area contributed by atoms with Crippen LogP contribution in [0, 0.1) is 13.8 Å². The number of aryl methyl sites for hydroxylation is 3. The molecular weight excluding hydrogens is 400 g/mol. The first-order valence-corrected chi connectivity index (χ1v) is 10.00. The van der Waals surface area contributed by atoms with Gasteiger partial charge in [-0.05, 0) is 55.7 Å². The van der Waals surface area contributed by atoms with E-state index in [0.717, 1.165) is 27.9 Å². The average Bonchev–Trinajstić information content (AvgIpc) is 3.26. The van der Waals surface area contributed by atoms with E-state index in [2.05, 4.69) is 20.4 Å². The number of pyridine rings is 1. The van der Waals surface area contributed by atoms with E-state index in [9.17, 15) is 9.90 Å². The third kappa shape index (κ3) is 5.65. The number of rotatable bonds is 9. The molecule has 0 aliphatic rings. The van der Waals surface area contributed by atoms with Gasteiger partial charge in [-0.15, -0.1) is 0 Å². The first-order valence-electron chi connectivity index (χ1n) is 10.00. The van der Waals surface area contributed by atoms with Gasteiger partial charge in [0.1, 0.15) is 25.1 Å². The molecule has 0 saturated carbocycles. The highest BCUT2D eigenvalue weighted by atomic mass is 16.5. The zero-order chi connectivity index (χ0) is 22.4. The smallest absolute Gasteiger partial charge is 0.259 e. The number of carbonyl (C=O) groups is 1. The summed E-state index contributed by atoms with van der Waals surface area (Å²) < 4.78 is 11.2. The van der Waals surface area contributed by atoms with E-state index in [0.29, 0.717) is 23.9 Å². The van der Waals surface area contributed by atoms with E-state index in [1.165, 1.54) is 0 Å². The fourth-order valence-electron chi connectivity index (χ4n) is 3.02. The van der Waals surface area contributed by atoms with Crippen LogP contribution < -0.4 is 10.1 Å². The molecule has 2 aromatic heterocycles. The molecule has 0 radical (unpaired) electrons. The number of aromatic nitrogens is 3. The molecule has 3 N–H and O–H groups in total. The van der Waals surface area contributed by atoms with E-state index in [1.807, 2.05) is 45.0 Å². The lowest BCUT2D eigenvalue weighted by molar-refractivity contribution is -0.124. The van der Waals surface area contributed by atoms with Gasteiger partial charge in [0.15, 0.2) is 0 Å². The van der Waals surface area contributed by atoms with E-state index in [4.69, 9.17) is 14.4 Å². The third-order valence-corrected chi connectivity index (χ3v) is 4.67. The maximum absolute atomic E-state index is 11.1. The Kier molecular flexibility index (Phi) is 7.32. The van der Waals surface area contributed by atoms with Crippen LogP contribution in [0.1, 0.15) is 23.7 Å². The molecule has 1 atom stereocenters. The van der Waals surface area contributed by atoms with Gasteiger partial charge in [-0.3, -0.25) is 9.78 Å². The Labute approximate surface area is 180 Å². The van der Waals surface area contributed by atoms with Crippen LogP contribution in [0.4, 0.5) is 0 Å². The monoisotopic (exact) mass is 426 g/mol. The maximum atomic E-state index is 11.1. The SMILES string of the molecule is CCc1cc(-c2noc(-c3ccc(C)nc3)n2)cc(C)c1OC[C@@H](O)CNC(=O)CO. The number of ether oxygens (including phenoxy) is 1. The van der Waals surface area contributed by atoms with Crippen molar-refractivity contribution in [2.75, 3.05) is 19.8 Å². The lowest BCUT2D eigenvalue weighted by Gasteiger charge is -2.17. The number of benzene rings is 1. The second-order valence-electron chi connectivity index (χ2n) is 7.17. The number of hydrogen-bond acceptors (Lipinski definition) is 8. The lowest BCUT2D eigenvalue weighted by atomic mass is 10.0. The van der Waals surface area contributed by atoms with Crippen LogP contribution in [0.25, 0.3) is 22.8 Å². The summed E-state index contributed by atoms with van der Waals surface area (Å²) in [5, 5.41) is 25.2. The van der Waals surface area contributed by atoms with Gasteiger partial charge in [-0.2, -0.15) is 4.98 Å². The van der Waals surface area contributed by atoms with Crippen molar-refractivity contribution in [1.82, 2.24) is 20.4 Å². The summed E-state index contributed by atoms with van der Waals surface area (Å²) in [6.07, 6.45) is 1.50. The topological polar surface area (TPSA) is 131 Å². The number of nitrogens with one attached hydrogen (secondary N) is 1. The van der Waals surface area contributed by atoms with Gasteiger partial charge >= 0.3 is 0 Å². The highest BCUT2D eigenvalue weighted by molar-refractivity contribution is 5.76. The quantitative estimate of drug-likeness (QED) is 0.472. The minimum absolute atomic E-state index is 0.00249. The van der Waals surface area contributed by atoms with Gasteiger partial charge in [-0.1, -0.05) is 12.1 Å². The molecule has 2 heterocycles. The number of amides is 1. The fourth-order valence-corrected chi connectivity index (χ4v) is 3.02. The molecule has 31 heavy (non-hydrogen) atoms. The predicted molar refractivity (Wildman–Crippen MR) is 113 cm³/mol. The van der Waals surface area contributed by atoms with Gasteiger partial charge in [-0.25, -0.2) is 0 Å².